The number of carbonyl (C=O) groups excluding carboxylic acids is 1. The largest absolute Gasteiger partial charge is 0.285 e. The molecule has 6 nitrogen and oxygen atoms in total. The van der Waals surface area contributed by atoms with Gasteiger partial charge in [-0.3, -0.25) is 4.79 Å². The first-order valence-corrected chi connectivity index (χ1v) is 7.86. The first kappa shape index (κ1) is 13.7. The maximum absolute atomic E-state index is 11.9. The van der Waals surface area contributed by atoms with Crippen molar-refractivity contribution in [2.75, 3.05) is 11.7 Å². The molecule has 0 bridgehead atoms. The molecule has 0 saturated carbocycles. The second-order valence-corrected chi connectivity index (χ2v) is 6.05. The molecule has 2 aromatic rings. The molecule has 0 aromatic carbocycles. The van der Waals surface area contributed by atoms with Gasteiger partial charge >= 0.3 is 0 Å². The van der Waals surface area contributed by atoms with Crippen molar-refractivity contribution in [3.8, 4) is 6.07 Å². The Bertz CT molecular complexity index is 640. The zero-order valence-electron chi connectivity index (χ0n) is 9.65. The summed E-state index contributed by atoms with van der Waals surface area (Å²) in [5.41, 5.74) is 2.37. The first-order valence-electron chi connectivity index (χ1n) is 4.94. The molecular weight excluding hydrogens is 302 g/mol. The smallest absolute Gasteiger partial charge is 0.233 e. The van der Waals surface area contributed by atoms with Crippen molar-refractivity contribution in [3.63, 3.8) is 0 Å². The van der Waals surface area contributed by atoms with Crippen LogP contribution in [0.15, 0.2) is 27.0 Å². The Balaban J connectivity index is 2.12. The summed E-state index contributed by atoms with van der Waals surface area (Å²) in [7, 11) is 0. The van der Waals surface area contributed by atoms with Gasteiger partial charge in [0.25, 0.3) is 0 Å². The predicted octanol–water partition coefficient (Wildman–Crippen LogP) is 2.50. The van der Waals surface area contributed by atoms with Gasteiger partial charge in [0.05, 0.1) is 4.88 Å². The highest BCUT2D eigenvalue weighted by molar-refractivity contribution is 8.00. The molecule has 0 amide bonds. The van der Waals surface area contributed by atoms with Crippen LogP contribution in [0.2, 0.25) is 0 Å². The van der Waals surface area contributed by atoms with E-state index in [4.69, 9.17) is 5.26 Å². The molecule has 96 valence electrons. The van der Waals surface area contributed by atoms with Crippen molar-refractivity contribution < 1.29 is 4.79 Å². The van der Waals surface area contributed by atoms with Crippen LogP contribution in [0.1, 0.15) is 9.67 Å². The van der Waals surface area contributed by atoms with Gasteiger partial charge in [-0.05, 0) is 17.7 Å². The molecule has 2 rings (SSSR count). The molecule has 0 saturated heterocycles. The van der Waals surface area contributed by atoms with Crippen molar-refractivity contribution in [1.82, 2.24) is 10.2 Å². The van der Waals surface area contributed by atoms with Gasteiger partial charge in [0.2, 0.25) is 16.6 Å². The number of rotatable bonds is 5. The molecule has 0 atom stereocenters. The van der Waals surface area contributed by atoms with Gasteiger partial charge < -0.3 is 0 Å². The van der Waals surface area contributed by atoms with Gasteiger partial charge in [0.1, 0.15) is 6.07 Å². The van der Waals surface area contributed by atoms with E-state index in [-0.39, 0.29) is 5.71 Å². The van der Waals surface area contributed by atoms with Gasteiger partial charge in [-0.2, -0.15) is 10.4 Å². The van der Waals surface area contributed by atoms with Crippen LogP contribution in [0.5, 0.6) is 0 Å². The summed E-state index contributed by atoms with van der Waals surface area (Å²) in [4.78, 5) is 12.4. The maximum atomic E-state index is 11.9. The average Bonchev–Trinajstić information content (AvgIpc) is 3.10. The van der Waals surface area contributed by atoms with Gasteiger partial charge in [0, 0.05) is 0 Å². The number of ketones is 1. The van der Waals surface area contributed by atoms with Gasteiger partial charge in [-0.1, -0.05) is 29.2 Å². The summed E-state index contributed by atoms with van der Waals surface area (Å²) in [5.74, 6) is -0.403. The molecule has 0 unspecified atom stereocenters. The number of hydrazone groups is 1. The van der Waals surface area contributed by atoms with E-state index in [9.17, 15) is 4.79 Å². The summed E-state index contributed by atoms with van der Waals surface area (Å²) in [6.07, 6.45) is 1.88. The summed E-state index contributed by atoms with van der Waals surface area (Å²) in [5, 5.41) is 22.6. The lowest BCUT2D eigenvalue weighted by Crippen LogP contribution is -2.12. The Hall–Kier alpha value is -1.76. The first-order chi connectivity index (χ1) is 9.24. The van der Waals surface area contributed by atoms with E-state index >= 15 is 0 Å². The van der Waals surface area contributed by atoms with Crippen LogP contribution >= 0.6 is 34.4 Å². The quantitative estimate of drug-likeness (QED) is 0.395. The molecule has 1 N–H and O–H groups in total. The van der Waals surface area contributed by atoms with Crippen LogP contribution < -0.4 is 5.43 Å². The number of anilines is 1. The highest BCUT2D eigenvalue weighted by Gasteiger charge is 2.15. The van der Waals surface area contributed by atoms with Crippen LogP contribution in [0.4, 0.5) is 5.13 Å². The Morgan fingerprint density at radius 3 is 3.00 bits per heavy atom. The van der Waals surface area contributed by atoms with E-state index in [0.717, 1.165) is 4.34 Å². The molecule has 0 aliphatic rings. The van der Waals surface area contributed by atoms with E-state index in [0.29, 0.717) is 10.0 Å². The van der Waals surface area contributed by atoms with Gasteiger partial charge in [-0.15, -0.1) is 21.5 Å². The van der Waals surface area contributed by atoms with E-state index < -0.39 is 5.78 Å². The van der Waals surface area contributed by atoms with Crippen LogP contribution in [0, 0.1) is 11.3 Å². The summed E-state index contributed by atoms with van der Waals surface area (Å²) >= 11 is 4.03. The molecule has 0 fully saturated rings. The Kier molecular flexibility index (Phi) is 4.62. The lowest BCUT2D eigenvalue weighted by atomic mass is 10.2. The number of aromatic nitrogens is 2. The topological polar surface area (TPSA) is 91.0 Å². The average molecular weight is 309 g/mol. The monoisotopic (exact) mass is 309 g/mol. The number of hydrogen-bond acceptors (Lipinski definition) is 9. The van der Waals surface area contributed by atoms with E-state index in [1.807, 2.05) is 6.26 Å². The number of nitrogens with zero attached hydrogens (tertiary/aromatic N) is 4. The van der Waals surface area contributed by atoms with Crippen molar-refractivity contribution in [3.05, 3.63) is 22.4 Å². The zero-order chi connectivity index (χ0) is 13.7. The fraction of sp³-hybridized carbons (Fsp3) is 0.100. The lowest BCUT2D eigenvalue weighted by Gasteiger charge is -1.95. The Labute approximate surface area is 121 Å². The highest BCUT2D eigenvalue weighted by atomic mass is 32.2. The van der Waals surface area contributed by atoms with Crippen molar-refractivity contribution in [1.29, 1.82) is 5.26 Å². The fourth-order valence-electron chi connectivity index (χ4n) is 1.09. The third-order valence-corrected chi connectivity index (χ3v) is 4.58. The second-order valence-electron chi connectivity index (χ2n) is 3.07. The number of thiophene rings is 1. The minimum absolute atomic E-state index is 0.205. The third-order valence-electron chi connectivity index (χ3n) is 1.91. The summed E-state index contributed by atoms with van der Waals surface area (Å²) in [6, 6.07) is 5.17. The van der Waals surface area contributed by atoms with Crippen molar-refractivity contribution in [2.45, 2.75) is 4.34 Å². The van der Waals surface area contributed by atoms with E-state index in [2.05, 4.69) is 20.7 Å². The van der Waals surface area contributed by atoms with Gasteiger partial charge in [0.15, 0.2) is 4.34 Å². The number of thioether (sulfide) groups is 1. The Morgan fingerprint density at radius 2 is 2.42 bits per heavy atom. The molecule has 19 heavy (non-hydrogen) atoms. The van der Waals surface area contributed by atoms with E-state index in [1.54, 1.807) is 23.6 Å². The van der Waals surface area contributed by atoms with Crippen LogP contribution in [0.25, 0.3) is 0 Å². The molecule has 0 aliphatic heterocycles. The van der Waals surface area contributed by atoms with Crippen molar-refractivity contribution in [2.24, 2.45) is 5.10 Å². The summed E-state index contributed by atoms with van der Waals surface area (Å²) in [6.45, 7) is 0. The van der Waals surface area contributed by atoms with Crippen LogP contribution in [-0.4, -0.2) is 27.9 Å². The molecule has 9 heteroatoms. The minimum atomic E-state index is -0.403. The molecule has 2 aromatic heterocycles. The highest BCUT2D eigenvalue weighted by Crippen LogP contribution is 2.23. The Morgan fingerprint density at radius 1 is 1.58 bits per heavy atom. The zero-order valence-corrected chi connectivity index (χ0v) is 12.1. The molecular formula is C10H7N5OS3. The standard InChI is InChI=1S/C10H7N5OS3/c1-17-10-15-14-9(19-10)13-12-6(5-11)8(16)7-3-2-4-18-7/h2-4H,1H3,(H,13,14)/b12-6+. The van der Waals surface area contributed by atoms with Crippen LogP contribution in [-0.2, 0) is 0 Å². The van der Waals surface area contributed by atoms with E-state index in [1.165, 1.54) is 34.4 Å². The molecule has 0 aliphatic carbocycles. The predicted molar refractivity (Wildman–Crippen MR) is 77.0 cm³/mol. The number of nitrogens with one attached hydrogen (secondary N) is 1. The molecule has 2 heterocycles. The second kappa shape index (κ2) is 6.42. The molecule has 0 spiro atoms. The SMILES string of the molecule is CSc1nnc(N/N=C(\C#N)C(=O)c2cccs2)s1. The van der Waals surface area contributed by atoms with Crippen LogP contribution in [0.3, 0.4) is 0 Å². The summed E-state index contributed by atoms with van der Waals surface area (Å²) < 4.78 is 0.779. The number of carbonyl (C=O) groups is 1. The number of nitriles is 1. The lowest BCUT2D eigenvalue weighted by molar-refractivity contribution is 0.107. The molecule has 0 radical (unpaired) electrons. The van der Waals surface area contributed by atoms with Crippen molar-refractivity contribution >= 4 is 51.1 Å². The number of Topliss-reactive ketones (excluding diaryl/α,β-unsaturated/α-hetero) is 1. The number of hydrogen-bond donors (Lipinski definition) is 1. The maximum Gasteiger partial charge on any atom is 0.233 e. The fourth-order valence-corrected chi connectivity index (χ4v) is 2.87. The normalized spacial score (nSPS) is 11.1. The van der Waals surface area contributed by atoms with Gasteiger partial charge in [-0.25, -0.2) is 5.43 Å². The minimum Gasteiger partial charge on any atom is -0.285 e. The third kappa shape index (κ3) is 3.37.